The zero-order chi connectivity index (χ0) is 24.9. The maximum atomic E-state index is 13.3. The van der Waals surface area contributed by atoms with E-state index in [1.54, 1.807) is 0 Å². The zero-order valence-corrected chi connectivity index (χ0v) is 21.1. The minimum absolute atomic E-state index is 0.000736. The third-order valence-electron chi connectivity index (χ3n) is 6.99. The number of carbonyl (C=O) groups is 1. The van der Waals surface area contributed by atoms with E-state index in [1.165, 1.54) is 25.9 Å². The molecule has 36 heavy (non-hydrogen) atoms. The summed E-state index contributed by atoms with van der Waals surface area (Å²) in [4.78, 5) is 20.3. The van der Waals surface area contributed by atoms with Crippen molar-refractivity contribution in [3.63, 3.8) is 0 Å². The highest BCUT2D eigenvalue weighted by molar-refractivity contribution is 6.37. The van der Waals surface area contributed by atoms with E-state index in [2.05, 4.69) is 52.2 Å². The number of aliphatic imine (C=N–C) groups is 1. The van der Waals surface area contributed by atoms with Gasteiger partial charge in [-0.05, 0) is 63.0 Å². The number of likely N-dealkylation sites (tertiary alicyclic amines) is 1. The number of nitrogens with one attached hydrogen (secondary N) is 1. The normalized spacial score (nSPS) is 18.3. The third kappa shape index (κ3) is 5.56. The molecule has 5 heteroatoms. The number of benzene rings is 2. The Hall–Kier alpha value is -3.75. The van der Waals surface area contributed by atoms with Gasteiger partial charge in [-0.1, -0.05) is 41.8 Å². The Morgan fingerprint density at radius 1 is 1.11 bits per heavy atom. The van der Waals surface area contributed by atoms with Crippen LogP contribution in [0.1, 0.15) is 45.5 Å². The largest absolute Gasteiger partial charge is 0.384 e. The summed E-state index contributed by atoms with van der Waals surface area (Å²) in [6, 6.07) is 12.2. The van der Waals surface area contributed by atoms with E-state index in [-0.39, 0.29) is 11.9 Å². The lowest BCUT2D eigenvalue weighted by Gasteiger charge is -2.17. The van der Waals surface area contributed by atoms with Crippen molar-refractivity contribution in [2.45, 2.75) is 39.3 Å². The van der Waals surface area contributed by atoms with Crippen molar-refractivity contribution >= 4 is 23.4 Å². The maximum Gasteiger partial charge on any atom is 0.277 e. The van der Waals surface area contributed by atoms with Crippen LogP contribution in [0.2, 0.25) is 0 Å². The number of hydrogen-bond donors (Lipinski definition) is 1. The molecule has 0 bridgehead atoms. The summed E-state index contributed by atoms with van der Waals surface area (Å²) in [7, 11) is 0. The van der Waals surface area contributed by atoms with Crippen LogP contribution < -0.4 is 5.32 Å². The van der Waals surface area contributed by atoms with Crippen LogP contribution in [0.3, 0.4) is 0 Å². The van der Waals surface area contributed by atoms with Crippen LogP contribution in [0.15, 0.2) is 65.8 Å². The first kappa shape index (κ1) is 24.0. The molecular formula is C31H33N4O+. The fourth-order valence-electron chi connectivity index (χ4n) is 4.87. The topological polar surface area (TPSA) is 47.7 Å². The number of anilines is 1. The molecular weight excluding hydrogens is 444 g/mol. The second-order valence-corrected chi connectivity index (χ2v) is 9.73. The zero-order valence-electron chi connectivity index (χ0n) is 21.1. The first-order valence-corrected chi connectivity index (χ1v) is 12.8. The first-order valence-electron chi connectivity index (χ1n) is 12.8. The average molecular weight is 478 g/mol. The van der Waals surface area contributed by atoms with Crippen molar-refractivity contribution in [3.8, 4) is 11.8 Å². The monoisotopic (exact) mass is 477 g/mol. The summed E-state index contributed by atoms with van der Waals surface area (Å²) in [6.45, 7) is 8.41. The van der Waals surface area contributed by atoms with E-state index in [0.29, 0.717) is 12.0 Å². The van der Waals surface area contributed by atoms with Crippen LogP contribution >= 0.6 is 0 Å². The Bertz CT molecular complexity index is 1350. The third-order valence-corrected chi connectivity index (χ3v) is 6.99. The number of fused-ring (bicyclic) bond motifs is 1. The summed E-state index contributed by atoms with van der Waals surface area (Å²) in [5, 5.41) is 3.57. The highest BCUT2D eigenvalue weighted by Crippen LogP contribution is 2.21. The summed E-state index contributed by atoms with van der Waals surface area (Å²) in [5.41, 5.74) is 6.74. The van der Waals surface area contributed by atoms with Gasteiger partial charge >= 0.3 is 0 Å². The van der Waals surface area contributed by atoms with E-state index >= 15 is 0 Å². The maximum absolute atomic E-state index is 13.3. The van der Waals surface area contributed by atoms with E-state index in [9.17, 15) is 4.79 Å². The minimum Gasteiger partial charge on any atom is -0.384 e. The smallest absolute Gasteiger partial charge is 0.277 e. The van der Waals surface area contributed by atoms with Crippen LogP contribution in [0.25, 0.3) is 0 Å². The highest BCUT2D eigenvalue weighted by atomic mass is 16.1. The van der Waals surface area contributed by atoms with Crippen LogP contribution in [-0.4, -0.2) is 59.5 Å². The van der Waals surface area contributed by atoms with Gasteiger partial charge in [-0.25, -0.2) is 4.99 Å². The molecule has 3 heterocycles. The van der Waals surface area contributed by atoms with Gasteiger partial charge in [-0.3, -0.25) is 4.79 Å². The van der Waals surface area contributed by atoms with Crippen molar-refractivity contribution in [2.75, 3.05) is 31.5 Å². The van der Waals surface area contributed by atoms with Gasteiger partial charge in [0.2, 0.25) is 0 Å². The number of rotatable bonds is 7. The fraction of sp³-hybridized carbons (Fsp3) is 0.323. The second-order valence-electron chi connectivity index (χ2n) is 9.73. The molecule has 0 radical (unpaired) electrons. The van der Waals surface area contributed by atoms with E-state index in [0.717, 1.165) is 46.7 Å². The molecule has 1 unspecified atom stereocenters. The molecule has 0 saturated carbocycles. The molecule has 2 aromatic carbocycles. The van der Waals surface area contributed by atoms with Gasteiger partial charge in [0.25, 0.3) is 11.9 Å². The number of Topliss-reactive ketones (excluding diaryl/α,β-unsaturated/α-hetero) is 1. The van der Waals surface area contributed by atoms with Crippen molar-refractivity contribution in [1.82, 2.24) is 4.90 Å². The van der Waals surface area contributed by atoms with Crippen LogP contribution in [0.4, 0.5) is 5.69 Å². The summed E-state index contributed by atoms with van der Waals surface area (Å²) in [6.07, 6.45) is 12.8. The van der Waals surface area contributed by atoms with Crippen molar-refractivity contribution in [1.29, 1.82) is 0 Å². The van der Waals surface area contributed by atoms with Gasteiger partial charge in [0.15, 0.2) is 12.0 Å². The molecule has 3 aliphatic heterocycles. The van der Waals surface area contributed by atoms with Crippen molar-refractivity contribution in [2.24, 2.45) is 4.99 Å². The molecule has 0 aliphatic carbocycles. The number of hydrogen-bond acceptors (Lipinski definition) is 4. The van der Waals surface area contributed by atoms with E-state index in [4.69, 9.17) is 0 Å². The summed E-state index contributed by atoms with van der Waals surface area (Å²) >= 11 is 0. The molecule has 182 valence electrons. The Morgan fingerprint density at radius 3 is 2.83 bits per heavy atom. The molecule has 0 amide bonds. The molecule has 1 atom stereocenters. The first-order chi connectivity index (χ1) is 17.6. The van der Waals surface area contributed by atoms with Gasteiger partial charge in [0.05, 0.1) is 0 Å². The molecule has 1 N–H and O–H groups in total. The molecule has 0 aromatic heterocycles. The Kier molecular flexibility index (Phi) is 7.25. The Morgan fingerprint density at radius 2 is 1.97 bits per heavy atom. The summed E-state index contributed by atoms with van der Waals surface area (Å²) < 4.78 is 2.05. The summed E-state index contributed by atoms with van der Waals surface area (Å²) in [5.74, 6) is 6.63. The Balaban J connectivity index is 1.31. The standard InChI is InChI=1S/C31H33N4O/c1-23-8-13-29(32-14-18-34-15-5-6-16-34)27(19-23)21-30(36)26-10-9-24(2)25(20-26)11-12-28-22-33-31-7-3-4-17-35(28)31/h3-4,7-10,13,17,19-20,22,31-32H,5-6,14-16,18,21H2,1-2H3/q+1. The number of nitrogens with zero attached hydrogens (tertiary/aromatic N) is 3. The van der Waals surface area contributed by atoms with Crippen molar-refractivity contribution < 1.29 is 9.37 Å². The molecule has 5 rings (SSSR count). The fourth-order valence-corrected chi connectivity index (χ4v) is 4.87. The lowest BCUT2D eigenvalue weighted by molar-refractivity contribution is -0.479. The molecule has 0 spiro atoms. The SMILES string of the molecule is Cc1ccc(NCCN2CCCC2)c(CC(=O)c2ccc(C)c(C#CC3=[N+]4C=CC=CC4N=C3)c2)c1. The van der Waals surface area contributed by atoms with Gasteiger partial charge in [-0.2, -0.15) is 4.58 Å². The van der Waals surface area contributed by atoms with Crippen LogP contribution in [-0.2, 0) is 6.42 Å². The number of carbonyl (C=O) groups excluding carboxylic acids is 1. The predicted octanol–water partition coefficient (Wildman–Crippen LogP) is 4.54. The predicted molar refractivity (Wildman–Crippen MR) is 147 cm³/mol. The lowest BCUT2D eigenvalue weighted by atomic mass is 9.97. The second kappa shape index (κ2) is 10.9. The number of aryl methyl sites for hydroxylation is 2. The average Bonchev–Trinajstić information content (AvgIpc) is 3.55. The van der Waals surface area contributed by atoms with E-state index < -0.39 is 0 Å². The molecule has 5 nitrogen and oxygen atoms in total. The van der Waals surface area contributed by atoms with Crippen LogP contribution in [0, 0.1) is 25.7 Å². The number of ketones is 1. The quantitative estimate of drug-likeness (QED) is 0.362. The molecule has 1 fully saturated rings. The van der Waals surface area contributed by atoms with Crippen molar-refractivity contribution in [3.05, 3.63) is 88.6 Å². The minimum atomic E-state index is 0.000736. The number of allylic oxidation sites excluding steroid dienone is 2. The van der Waals surface area contributed by atoms with E-state index in [1.807, 2.05) is 60.3 Å². The molecule has 3 aliphatic rings. The molecule has 1 saturated heterocycles. The van der Waals surface area contributed by atoms with Gasteiger partial charge in [-0.15, -0.1) is 0 Å². The van der Waals surface area contributed by atoms with Gasteiger partial charge in [0, 0.05) is 54.4 Å². The highest BCUT2D eigenvalue weighted by Gasteiger charge is 2.25. The molecule has 2 aromatic rings. The van der Waals surface area contributed by atoms with Crippen LogP contribution in [0.5, 0.6) is 0 Å². The Labute approximate surface area is 213 Å². The lowest BCUT2D eigenvalue weighted by Crippen LogP contribution is -2.26. The van der Waals surface area contributed by atoms with Gasteiger partial charge < -0.3 is 10.2 Å². The van der Waals surface area contributed by atoms with Gasteiger partial charge in [0.1, 0.15) is 6.21 Å².